The van der Waals surface area contributed by atoms with E-state index in [0.29, 0.717) is 22.3 Å². The standard InChI is InChI=1S/C17H15N3O2S/c1-22-14-9-5-8-13(10-14)18-16(21)15-11-23-17(20-15)19-12-6-3-2-4-7-12/h2-11H,1H3,(H,18,21)(H,19,20). The number of carbonyl (C=O) groups excluding carboxylic acids is 1. The van der Waals surface area contributed by atoms with Crippen LogP contribution in [0.2, 0.25) is 0 Å². The molecule has 0 radical (unpaired) electrons. The zero-order valence-corrected chi connectivity index (χ0v) is 13.3. The highest BCUT2D eigenvalue weighted by molar-refractivity contribution is 7.14. The van der Waals surface area contributed by atoms with Crippen LogP contribution in [0.5, 0.6) is 5.75 Å². The van der Waals surface area contributed by atoms with E-state index in [1.165, 1.54) is 11.3 Å². The molecule has 6 heteroatoms. The molecule has 2 N–H and O–H groups in total. The molecule has 0 saturated heterocycles. The number of methoxy groups -OCH3 is 1. The third-order valence-electron chi connectivity index (χ3n) is 3.09. The van der Waals surface area contributed by atoms with Crippen LogP contribution in [0.15, 0.2) is 60.0 Å². The normalized spacial score (nSPS) is 10.1. The van der Waals surface area contributed by atoms with Gasteiger partial charge in [-0.25, -0.2) is 4.98 Å². The smallest absolute Gasteiger partial charge is 0.275 e. The first-order valence-corrected chi connectivity index (χ1v) is 7.85. The Morgan fingerprint density at radius 3 is 2.65 bits per heavy atom. The van der Waals surface area contributed by atoms with Gasteiger partial charge in [0.05, 0.1) is 7.11 Å². The fraction of sp³-hybridized carbons (Fsp3) is 0.0588. The summed E-state index contributed by atoms with van der Waals surface area (Å²) in [5.41, 5.74) is 1.97. The number of thiazole rings is 1. The number of ether oxygens (including phenoxy) is 1. The molecular weight excluding hydrogens is 310 g/mol. The van der Waals surface area contributed by atoms with Crippen molar-refractivity contribution in [1.82, 2.24) is 4.98 Å². The summed E-state index contributed by atoms with van der Waals surface area (Å²) in [5.74, 6) is 0.433. The van der Waals surface area contributed by atoms with Gasteiger partial charge in [0.2, 0.25) is 0 Å². The van der Waals surface area contributed by atoms with E-state index in [-0.39, 0.29) is 5.91 Å². The average Bonchev–Trinajstić information content (AvgIpc) is 3.04. The molecule has 23 heavy (non-hydrogen) atoms. The fourth-order valence-electron chi connectivity index (χ4n) is 1.98. The van der Waals surface area contributed by atoms with Crippen LogP contribution in [0.3, 0.4) is 0 Å². The van der Waals surface area contributed by atoms with Gasteiger partial charge in [-0.1, -0.05) is 24.3 Å². The summed E-state index contributed by atoms with van der Waals surface area (Å²) in [6.45, 7) is 0. The lowest BCUT2D eigenvalue weighted by Gasteiger charge is -2.05. The summed E-state index contributed by atoms with van der Waals surface area (Å²) in [7, 11) is 1.59. The van der Waals surface area contributed by atoms with Crippen LogP contribution in [-0.2, 0) is 0 Å². The summed E-state index contributed by atoms with van der Waals surface area (Å²) in [4.78, 5) is 16.6. The predicted molar refractivity (Wildman–Crippen MR) is 92.8 cm³/mol. The number of para-hydroxylation sites is 1. The Hall–Kier alpha value is -2.86. The fourth-order valence-corrected chi connectivity index (χ4v) is 2.69. The van der Waals surface area contributed by atoms with Crippen molar-refractivity contribution in [2.45, 2.75) is 0 Å². The number of hydrogen-bond donors (Lipinski definition) is 2. The number of hydrogen-bond acceptors (Lipinski definition) is 5. The highest BCUT2D eigenvalue weighted by Gasteiger charge is 2.11. The maximum Gasteiger partial charge on any atom is 0.275 e. The SMILES string of the molecule is COc1cccc(NC(=O)c2csc(Nc3ccccc3)n2)c1. The van der Waals surface area contributed by atoms with Gasteiger partial charge in [-0.2, -0.15) is 0 Å². The zero-order valence-electron chi connectivity index (χ0n) is 12.4. The van der Waals surface area contributed by atoms with Gasteiger partial charge < -0.3 is 15.4 Å². The molecule has 1 amide bonds. The molecule has 3 aromatic rings. The number of anilines is 3. The van der Waals surface area contributed by atoms with Gasteiger partial charge >= 0.3 is 0 Å². The van der Waals surface area contributed by atoms with Crippen LogP contribution in [0, 0.1) is 0 Å². The summed E-state index contributed by atoms with van der Waals surface area (Å²) in [5, 5.41) is 8.37. The van der Waals surface area contributed by atoms with Crippen LogP contribution in [-0.4, -0.2) is 18.0 Å². The molecule has 0 aliphatic heterocycles. The number of nitrogens with zero attached hydrogens (tertiary/aromatic N) is 1. The maximum absolute atomic E-state index is 12.2. The van der Waals surface area contributed by atoms with Crippen molar-refractivity contribution >= 4 is 33.8 Å². The highest BCUT2D eigenvalue weighted by Crippen LogP contribution is 2.22. The number of nitrogens with one attached hydrogen (secondary N) is 2. The molecule has 0 atom stereocenters. The molecule has 1 heterocycles. The van der Waals surface area contributed by atoms with Crippen molar-refractivity contribution in [2.75, 3.05) is 17.7 Å². The van der Waals surface area contributed by atoms with Crippen LogP contribution >= 0.6 is 11.3 Å². The number of aromatic nitrogens is 1. The summed E-state index contributed by atoms with van der Waals surface area (Å²) in [6.07, 6.45) is 0. The van der Waals surface area contributed by atoms with Crippen LogP contribution in [0.4, 0.5) is 16.5 Å². The lowest BCUT2D eigenvalue weighted by Crippen LogP contribution is -2.12. The molecule has 0 fully saturated rings. The van der Waals surface area contributed by atoms with Crippen LogP contribution in [0.25, 0.3) is 0 Å². The van der Waals surface area contributed by atoms with E-state index in [9.17, 15) is 4.79 Å². The first-order valence-electron chi connectivity index (χ1n) is 6.97. The molecule has 3 rings (SSSR count). The van der Waals surface area contributed by atoms with Gasteiger partial charge in [0.1, 0.15) is 11.4 Å². The Bertz CT molecular complexity index is 802. The van der Waals surface area contributed by atoms with Gasteiger partial charge in [-0.3, -0.25) is 4.79 Å². The molecule has 1 aromatic heterocycles. The lowest BCUT2D eigenvalue weighted by molar-refractivity contribution is 0.102. The largest absolute Gasteiger partial charge is 0.497 e. The first kappa shape index (κ1) is 15.1. The third-order valence-corrected chi connectivity index (χ3v) is 3.85. The number of amides is 1. The molecule has 0 aliphatic carbocycles. The van der Waals surface area contributed by atoms with E-state index in [2.05, 4.69) is 15.6 Å². The Morgan fingerprint density at radius 2 is 1.87 bits per heavy atom. The first-order chi connectivity index (χ1) is 11.2. The molecule has 0 bridgehead atoms. The van der Waals surface area contributed by atoms with Gasteiger partial charge in [-0.15, -0.1) is 11.3 Å². The summed E-state index contributed by atoms with van der Waals surface area (Å²) >= 11 is 1.38. The molecule has 0 saturated carbocycles. The second kappa shape index (κ2) is 6.93. The Morgan fingerprint density at radius 1 is 1.09 bits per heavy atom. The van der Waals surface area contributed by atoms with E-state index >= 15 is 0 Å². The molecular formula is C17H15N3O2S. The minimum absolute atomic E-state index is 0.254. The van der Waals surface area contributed by atoms with Crippen molar-refractivity contribution in [2.24, 2.45) is 0 Å². The molecule has 116 valence electrons. The second-order valence-electron chi connectivity index (χ2n) is 4.72. The predicted octanol–water partition coefficient (Wildman–Crippen LogP) is 4.15. The topological polar surface area (TPSA) is 63.2 Å². The third kappa shape index (κ3) is 3.87. The second-order valence-corrected chi connectivity index (χ2v) is 5.57. The molecule has 0 aliphatic rings. The van der Waals surface area contributed by atoms with Crippen molar-refractivity contribution in [1.29, 1.82) is 0 Å². The quantitative estimate of drug-likeness (QED) is 0.740. The van der Waals surface area contributed by atoms with E-state index in [4.69, 9.17) is 4.74 Å². The van der Waals surface area contributed by atoms with Crippen LogP contribution < -0.4 is 15.4 Å². The van der Waals surface area contributed by atoms with Gasteiger partial charge in [-0.05, 0) is 24.3 Å². The number of rotatable bonds is 5. The zero-order chi connectivity index (χ0) is 16.1. The minimum Gasteiger partial charge on any atom is -0.497 e. The highest BCUT2D eigenvalue weighted by atomic mass is 32.1. The number of benzene rings is 2. The van der Waals surface area contributed by atoms with E-state index in [1.807, 2.05) is 42.5 Å². The van der Waals surface area contributed by atoms with Gasteiger partial charge in [0.25, 0.3) is 5.91 Å². The Balaban J connectivity index is 1.68. The van der Waals surface area contributed by atoms with Crippen molar-refractivity contribution in [3.63, 3.8) is 0 Å². The number of carbonyl (C=O) groups is 1. The molecule has 2 aromatic carbocycles. The summed E-state index contributed by atoms with van der Waals surface area (Å²) in [6, 6.07) is 16.9. The molecule has 5 nitrogen and oxygen atoms in total. The van der Waals surface area contributed by atoms with Crippen LogP contribution in [0.1, 0.15) is 10.5 Å². The van der Waals surface area contributed by atoms with E-state index < -0.39 is 0 Å². The maximum atomic E-state index is 12.2. The van der Waals surface area contributed by atoms with Crippen molar-refractivity contribution in [3.8, 4) is 5.75 Å². The Labute approximate surface area is 138 Å². The van der Waals surface area contributed by atoms with Gasteiger partial charge in [0, 0.05) is 22.8 Å². The molecule has 0 spiro atoms. The van der Waals surface area contributed by atoms with Crippen molar-refractivity contribution < 1.29 is 9.53 Å². The van der Waals surface area contributed by atoms with E-state index in [0.717, 1.165) is 5.69 Å². The van der Waals surface area contributed by atoms with Gasteiger partial charge in [0.15, 0.2) is 5.13 Å². The monoisotopic (exact) mass is 325 g/mol. The van der Waals surface area contributed by atoms with E-state index in [1.54, 1.807) is 24.6 Å². The minimum atomic E-state index is -0.254. The Kier molecular flexibility index (Phi) is 4.54. The average molecular weight is 325 g/mol. The molecule has 0 unspecified atom stereocenters. The lowest BCUT2D eigenvalue weighted by atomic mass is 10.3. The summed E-state index contributed by atoms with van der Waals surface area (Å²) < 4.78 is 5.14. The van der Waals surface area contributed by atoms with Crippen molar-refractivity contribution in [3.05, 3.63) is 65.7 Å².